The summed E-state index contributed by atoms with van der Waals surface area (Å²) in [6.07, 6.45) is 5.97. The van der Waals surface area contributed by atoms with Gasteiger partial charge in [-0.05, 0) is 25.8 Å². The lowest BCUT2D eigenvalue weighted by Crippen LogP contribution is -2.36. The Morgan fingerprint density at radius 1 is 1.44 bits per heavy atom. The van der Waals surface area contributed by atoms with Crippen LogP contribution in [0.3, 0.4) is 0 Å². The molecular weight excluding hydrogens is 224 g/mol. The highest BCUT2D eigenvalue weighted by molar-refractivity contribution is 7.91. The number of rotatable bonds is 3. The Morgan fingerprint density at radius 3 is 2.69 bits per heavy atom. The van der Waals surface area contributed by atoms with Crippen LogP contribution in [-0.2, 0) is 9.84 Å². The monoisotopic (exact) mass is 244 g/mol. The average Bonchev–Trinajstić information content (AvgIpc) is 2.72. The molecule has 2 aliphatic rings. The normalized spacial score (nSPS) is 37.3. The molecule has 0 saturated carbocycles. The maximum absolute atomic E-state index is 11.4. The largest absolute Gasteiger partial charge is 0.324 e. The topological polar surface area (TPSA) is 63.4 Å². The standard InChI is InChI=1S/C11H20N2O2S/c1-13(7-9-2-3-10(12)6-9)11-4-5-16(14,15)8-11/h2-3,9-11H,4-8,12H2,1H3. The third-order valence-electron chi connectivity index (χ3n) is 3.56. The third-order valence-corrected chi connectivity index (χ3v) is 5.31. The first-order valence-corrected chi connectivity index (χ1v) is 7.63. The zero-order chi connectivity index (χ0) is 11.8. The first-order chi connectivity index (χ1) is 7.46. The van der Waals surface area contributed by atoms with Crippen LogP contribution in [0.15, 0.2) is 12.2 Å². The lowest BCUT2D eigenvalue weighted by molar-refractivity contribution is 0.235. The van der Waals surface area contributed by atoms with Gasteiger partial charge < -0.3 is 10.6 Å². The molecule has 1 heterocycles. The number of nitrogens with zero attached hydrogens (tertiary/aromatic N) is 1. The molecule has 0 radical (unpaired) electrons. The van der Waals surface area contributed by atoms with Gasteiger partial charge in [-0.3, -0.25) is 0 Å². The predicted molar refractivity (Wildman–Crippen MR) is 64.9 cm³/mol. The molecule has 5 heteroatoms. The van der Waals surface area contributed by atoms with Gasteiger partial charge in [-0.2, -0.15) is 0 Å². The Balaban J connectivity index is 1.85. The fourth-order valence-electron chi connectivity index (χ4n) is 2.58. The summed E-state index contributed by atoms with van der Waals surface area (Å²) in [5, 5.41) is 0. The average molecular weight is 244 g/mol. The molecule has 1 aliphatic heterocycles. The maximum atomic E-state index is 11.4. The van der Waals surface area contributed by atoms with E-state index in [0.717, 1.165) is 19.4 Å². The molecule has 1 aliphatic carbocycles. The Bertz CT molecular complexity index is 377. The second kappa shape index (κ2) is 4.47. The van der Waals surface area contributed by atoms with Crippen molar-refractivity contribution in [1.82, 2.24) is 4.90 Å². The second-order valence-electron chi connectivity index (χ2n) is 5.04. The van der Waals surface area contributed by atoms with Gasteiger partial charge in [0.05, 0.1) is 11.5 Å². The molecule has 0 aromatic rings. The zero-order valence-corrected chi connectivity index (χ0v) is 10.5. The fraction of sp³-hybridized carbons (Fsp3) is 0.818. The van der Waals surface area contributed by atoms with E-state index in [2.05, 4.69) is 11.0 Å². The van der Waals surface area contributed by atoms with Crippen LogP contribution in [0, 0.1) is 5.92 Å². The number of nitrogens with two attached hydrogens (primary N) is 1. The molecule has 2 rings (SSSR count). The van der Waals surface area contributed by atoms with Crippen molar-refractivity contribution in [2.24, 2.45) is 11.7 Å². The van der Waals surface area contributed by atoms with E-state index < -0.39 is 9.84 Å². The first-order valence-electron chi connectivity index (χ1n) is 5.81. The van der Waals surface area contributed by atoms with Crippen LogP contribution >= 0.6 is 0 Å². The van der Waals surface area contributed by atoms with E-state index in [9.17, 15) is 8.42 Å². The molecule has 0 aromatic heterocycles. The lowest BCUT2D eigenvalue weighted by Gasteiger charge is -2.25. The van der Waals surface area contributed by atoms with E-state index in [4.69, 9.17) is 5.73 Å². The highest BCUT2D eigenvalue weighted by Gasteiger charge is 2.31. The minimum Gasteiger partial charge on any atom is -0.324 e. The fourth-order valence-corrected chi connectivity index (χ4v) is 4.39. The van der Waals surface area contributed by atoms with Crippen LogP contribution in [0.4, 0.5) is 0 Å². The Kier molecular flexibility index (Phi) is 3.37. The van der Waals surface area contributed by atoms with Crippen molar-refractivity contribution >= 4 is 9.84 Å². The molecule has 2 N–H and O–H groups in total. The van der Waals surface area contributed by atoms with Crippen LogP contribution in [0.1, 0.15) is 12.8 Å². The van der Waals surface area contributed by atoms with Crippen molar-refractivity contribution in [2.45, 2.75) is 24.9 Å². The van der Waals surface area contributed by atoms with Gasteiger partial charge in [0.1, 0.15) is 0 Å². The molecule has 3 unspecified atom stereocenters. The third kappa shape index (κ3) is 2.84. The molecule has 0 amide bonds. The van der Waals surface area contributed by atoms with Crippen molar-refractivity contribution in [3.8, 4) is 0 Å². The molecule has 1 saturated heterocycles. The molecule has 1 fully saturated rings. The van der Waals surface area contributed by atoms with Gasteiger partial charge in [0.15, 0.2) is 9.84 Å². The molecule has 16 heavy (non-hydrogen) atoms. The summed E-state index contributed by atoms with van der Waals surface area (Å²) in [7, 11) is -0.752. The minimum absolute atomic E-state index is 0.186. The smallest absolute Gasteiger partial charge is 0.151 e. The summed E-state index contributed by atoms with van der Waals surface area (Å²) in [6.45, 7) is 0.921. The van der Waals surface area contributed by atoms with Gasteiger partial charge in [0, 0.05) is 18.6 Å². The van der Waals surface area contributed by atoms with Crippen LogP contribution < -0.4 is 5.73 Å². The van der Waals surface area contributed by atoms with Crippen LogP contribution in [-0.4, -0.2) is 50.5 Å². The SMILES string of the molecule is CN(CC1C=CC(N)C1)C1CCS(=O)(=O)C1. The van der Waals surface area contributed by atoms with Gasteiger partial charge in [-0.25, -0.2) is 8.42 Å². The second-order valence-corrected chi connectivity index (χ2v) is 7.27. The van der Waals surface area contributed by atoms with Crippen LogP contribution in [0.25, 0.3) is 0 Å². The molecule has 92 valence electrons. The van der Waals surface area contributed by atoms with Crippen molar-refractivity contribution in [3.05, 3.63) is 12.2 Å². The van der Waals surface area contributed by atoms with Gasteiger partial charge >= 0.3 is 0 Å². The van der Waals surface area contributed by atoms with E-state index in [1.54, 1.807) is 0 Å². The van der Waals surface area contributed by atoms with Gasteiger partial charge in [0.25, 0.3) is 0 Å². The minimum atomic E-state index is -2.77. The summed E-state index contributed by atoms with van der Waals surface area (Å²) >= 11 is 0. The van der Waals surface area contributed by atoms with Crippen molar-refractivity contribution in [3.63, 3.8) is 0 Å². The zero-order valence-electron chi connectivity index (χ0n) is 9.67. The summed E-state index contributed by atoms with van der Waals surface area (Å²) in [6, 6.07) is 0.390. The molecule has 0 bridgehead atoms. The van der Waals surface area contributed by atoms with Crippen LogP contribution in [0.2, 0.25) is 0 Å². The summed E-state index contributed by atoms with van der Waals surface area (Å²) in [5.41, 5.74) is 5.80. The van der Waals surface area contributed by atoms with Crippen molar-refractivity contribution < 1.29 is 8.42 Å². The van der Waals surface area contributed by atoms with Crippen LogP contribution in [0.5, 0.6) is 0 Å². The van der Waals surface area contributed by atoms with Gasteiger partial charge in [-0.1, -0.05) is 12.2 Å². The Labute approximate surface area is 97.4 Å². The van der Waals surface area contributed by atoms with Crippen molar-refractivity contribution in [1.29, 1.82) is 0 Å². The van der Waals surface area contributed by atoms with E-state index in [-0.39, 0.29) is 12.1 Å². The molecule has 0 spiro atoms. The van der Waals surface area contributed by atoms with Gasteiger partial charge in [-0.15, -0.1) is 0 Å². The number of hydrogen-bond donors (Lipinski definition) is 1. The van der Waals surface area contributed by atoms with Crippen molar-refractivity contribution in [2.75, 3.05) is 25.1 Å². The first kappa shape index (κ1) is 12.1. The van der Waals surface area contributed by atoms with E-state index >= 15 is 0 Å². The summed E-state index contributed by atoms with van der Waals surface area (Å²) in [4.78, 5) is 2.18. The maximum Gasteiger partial charge on any atom is 0.151 e. The molecule has 3 atom stereocenters. The van der Waals surface area contributed by atoms with E-state index in [0.29, 0.717) is 17.4 Å². The highest BCUT2D eigenvalue weighted by atomic mass is 32.2. The number of hydrogen-bond acceptors (Lipinski definition) is 4. The Morgan fingerprint density at radius 2 is 2.19 bits per heavy atom. The van der Waals surface area contributed by atoms with E-state index in [1.165, 1.54) is 0 Å². The van der Waals surface area contributed by atoms with E-state index in [1.807, 2.05) is 13.1 Å². The predicted octanol–water partition coefficient (Wildman–Crippen LogP) is 0.00870. The number of sulfone groups is 1. The summed E-state index contributed by atoms with van der Waals surface area (Å²) < 4.78 is 22.7. The summed E-state index contributed by atoms with van der Waals surface area (Å²) in [5.74, 6) is 1.16. The quantitative estimate of drug-likeness (QED) is 0.710. The molecular formula is C11H20N2O2S. The molecule has 0 aromatic carbocycles. The lowest BCUT2D eigenvalue weighted by atomic mass is 10.1. The highest BCUT2D eigenvalue weighted by Crippen LogP contribution is 2.21. The molecule has 4 nitrogen and oxygen atoms in total. The van der Waals surface area contributed by atoms with Gasteiger partial charge in [0.2, 0.25) is 0 Å². The Hall–Kier alpha value is -0.390.